The Labute approximate surface area is 248 Å². The van der Waals surface area contributed by atoms with Crippen LogP contribution in [0.2, 0.25) is 0 Å². The Morgan fingerprint density at radius 3 is 2.00 bits per heavy atom. The minimum absolute atomic E-state index is 0.0299. The average molecular weight is 589 g/mol. The van der Waals surface area contributed by atoms with Crippen molar-refractivity contribution in [2.45, 2.75) is 19.3 Å². The van der Waals surface area contributed by atoms with E-state index in [-0.39, 0.29) is 11.6 Å². The molecule has 0 fully saturated rings. The molecular weight excluding hydrogens is 556 g/mol. The quantitative estimate of drug-likeness (QED) is 0.0450. The Hall–Kier alpha value is -5.56. The largest absolute Gasteiger partial charge is 0.494 e. The zero-order valence-corrected chi connectivity index (χ0v) is 24.1. The lowest BCUT2D eigenvalue weighted by Gasteiger charge is -2.19. The van der Waals surface area contributed by atoms with Gasteiger partial charge in [0.15, 0.2) is 0 Å². The molecule has 43 heavy (non-hydrogen) atoms. The SMILES string of the molecule is COc1cc(N=Nc2ccc([N+](=O)[O-])cc2)c(OC)cc1N=Nc1ccc(N(C)CCCC(=O)NCCCN=[N+]=[N-])cc1. The number of azide groups is 1. The molecule has 0 saturated heterocycles. The topological polar surface area (TPSA) is 192 Å². The predicted octanol–water partition coefficient (Wildman–Crippen LogP) is 7.48. The van der Waals surface area contributed by atoms with Crippen molar-refractivity contribution in [3.05, 3.63) is 81.2 Å². The summed E-state index contributed by atoms with van der Waals surface area (Å²) in [6.45, 7) is 1.55. The van der Waals surface area contributed by atoms with Gasteiger partial charge >= 0.3 is 0 Å². The number of azo groups is 2. The van der Waals surface area contributed by atoms with E-state index in [4.69, 9.17) is 15.0 Å². The highest BCUT2D eigenvalue weighted by Crippen LogP contribution is 2.41. The van der Waals surface area contributed by atoms with Crippen LogP contribution in [0.1, 0.15) is 19.3 Å². The van der Waals surface area contributed by atoms with Gasteiger partial charge in [-0.05, 0) is 54.8 Å². The third-order valence-corrected chi connectivity index (χ3v) is 6.10. The molecule has 0 aliphatic heterocycles. The van der Waals surface area contributed by atoms with Crippen molar-refractivity contribution in [1.82, 2.24) is 5.32 Å². The van der Waals surface area contributed by atoms with Gasteiger partial charge in [-0.25, -0.2) is 0 Å². The van der Waals surface area contributed by atoms with Crippen LogP contribution in [0.5, 0.6) is 11.5 Å². The molecule has 0 unspecified atom stereocenters. The average Bonchev–Trinajstić information content (AvgIpc) is 3.02. The van der Waals surface area contributed by atoms with Crippen LogP contribution in [-0.2, 0) is 4.79 Å². The number of methoxy groups -OCH3 is 2. The highest BCUT2D eigenvalue weighted by atomic mass is 16.6. The van der Waals surface area contributed by atoms with E-state index in [1.54, 1.807) is 12.1 Å². The number of ether oxygens (including phenoxy) is 2. The number of nitrogens with one attached hydrogen (secondary N) is 1. The number of rotatable bonds is 16. The zero-order chi connectivity index (χ0) is 31.0. The summed E-state index contributed by atoms with van der Waals surface area (Å²) in [5.41, 5.74) is 11.1. The van der Waals surface area contributed by atoms with Crippen molar-refractivity contribution < 1.29 is 19.2 Å². The van der Waals surface area contributed by atoms with Crippen molar-refractivity contribution in [3.8, 4) is 11.5 Å². The van der Waals surface area contributed by atoms with Gasteiger partial charge in [0, 0.05) is 68.0 Å². The lowest BCUT2D eigenvalue weighted by molar-refractivity contribution is -0.384. The number of carbonyl (C=O) groups is 1. The van der Waals surface area contributed by atoms with Crippen molar-refractivity contribution in [2.24, 2.45) is 25.6 Å². The van der Waals surface area contributed by atoms with Gasteiger partial charge in [-0.15, -0.1) is 10.2 Å². The number of amides is 1. The van der Waals surface area contributed by atoms with Crippen LogP contribution in [0.25, 0.3) is 10.4 Å². The molecule has 15 nitrogen and oxygen atoms in total. The molecule has 0 aromatic heterocycles. The van der Waals surface area contributed by atoms with Gasteiger partial charge in [0.2, 0.25) is 5.91 Å². The summed E-state index contributed by atoms with van der Waals surface area (Å²) in [5, 5.41) is 34.1. The number of nitrogens with zero attached hydrogens (tertiary/aromatic N) is 9. The third kappa shape index (κ3) is 10.1. The van der Waals surface area contributed by atoms with Gasteiger partial charge in [-0.1, -0.05) is 5.11 Å². The van der Waals surface area contributed by atoms with Crippen LogP contribution in [0, 0.1) is 10.1 Å². The molecule has 0 radical (unpaired) electrons. The summed E-state index contributed by atoms with van der Waals surface area (Å²) in [4.78, 5) is 27.0. The van der Waals surface area contributed by atoms with Crippen LogP contribution >= 0.6 is 0 Å². The standard InChI is InChI=1S/C28H32N10O5/c1-37(17-4-6-28(39)30-15-5-16-31-36-29)22-11-7-20(8-12-22)32-34-24-18-27(43-3)25(19-26(24)42-2)35-33-21-9-13-23(14-10-21)38(40)41/h7-14,18-19H,4-6,15-17H2,1-3H3,(H,30,39). The minimum atomic E-state index is -0.484. The van der Waals surface area contributed by atoms with E-state index in [0.29, 0.717) is 73.1 Å². The van der Waals surface area contributed by atoms with Crippen LogP contribution in [0.3, 0.4) is 0 Å². The minimum Gasteiger partial charge on any atom is -0.494 e. The number of hydrogen-bond donors (Lipinski definition) is 1. The lowest BCUT2D eigenvalue weighted by Crippen LogP contribution is -2.26. The molecule has 0 spiro atoms. The van der Waals surface area contributed by atoms with Crippen molar-refractivity contribution >= 4 is 40.0 Å². The van der Waals surface area contributed by atoms with E-state index in [9.17, 15) is 14.9 Å². The molecular formula is C28H32N10O5. The molecule has 15 heteroatoms. The highest BCUT2D eigenvalue weighted by molar-refractivity contribution is 5.75. The first-order valence-corrected chi connectivity index (χ1v) is 13.3. The molecule has 0 aliphatic rings. The molecule has 0 atom stereocenters. The first kappa shape index (κ1) is 32.0. The fourth-order valence-electron chi connectivity index (χ4n) is 3.78. The van der Waals surface area contributed by atoms with Gasteiger partial charge in [0.25, 0.3) is 5.69 Å². The Morgan fingerprint density at radius 1 is 0.930 bits per heavy atom. The number of nitro benzene ring substituents is 1. The van der Waals surface area contributed by atoms with Gasteiger partial charge in [0.1, 0.15) is 22.9 Å². The number of benzene rings is 3. The fraction of sp³-hybridized carbons (Fsp3) is 0.321. The van der Waals surface area contributed by atoms with Gasteiger partial charge in [-0.3, -0.25) is 14.9 Å². The Bertz CT molecular complexity index is 1490. The molecule has 3 rings (SSSR count). The number of carbonyl (C=O) groups excluding carboxylic acids is 1. The summed E-state index contributed by atoms with van der Waals surface area (Å²) in [6, 6.07) is 16.4. The van der Waals surface area contributed by atoms with Crippen molar-refractivity contribution in [2.75, 3.05) is 45.8 Å². The fourth-order valence-corrected chi connectivity index (χ4v) is 3.78. The van der Waals surface area contributed by atoms with E-state index in [1.165, 1.54) is 38.5 Å². The van der Waals surface area contributed by atoms with E-state index >= 15 is 0 Å². The lowest BCUT2D eigenvalue weighted by atomic mass is 10.2. The summed E-state index contributed by atoms with van der Waals surface area (Å²) < 4.78 is 10.9. The molecule has 0 saturated carbocycles. The smallest absolute Gasteiger partial charge is 0.269 e. The number of hydrogen-bond acceptors (Lipinski definition) is 11. The Morgan fingerprint density at radius 2 is 1.49 bits per heavy atom. The second-order valence-electron chi connectivity index (χ2n) is 9.07. The summed E-state index contributed by atoms with van der Waals surface area (Å²) in [7, 11) is 4.94. The van der Waals surface area contributed by atoms with Crippen LogP contribution in [0.4, 0.5) is 34.1 Å². The van der Waals surface area contributed by atoms with E-state index in [0.717, 1.165) is 5.69 Å². The van der Waals surface area contributed by atoms with Crippen LogP contribution in [-0.4, -0.2) is 51.7 Å². The molecule has 0 heterocycles. The van der Waals surface area contributed by atoms with Gasteiger partial charge < -0.3 is 19.7 Å². The van der Waals surface area contributed by atoms with E-state index in [1.807, 2.05) is 36.2 Å². The molecule has 1 N–H and O–H groups in total. The van der Waals surface area contributed by atoms with Crippen molar-refractivity contribution in [3.63, 3.8) is 0 Å². The zero-order valence-electron chi connectivity index (χ0n) is 24.1. The monoisotopic (exact) mass is 588 g/mol. The second kappa shape index (κ2) is 16.6. The molecule has 3 aromatic rings. The normalized spacial score (nSPS) is 10.9. The molecule has 0 aliphatic carbocycles. The van der Waals surface area contributed by atoms with Gasteiger partial charge in [0.05, 0.1) is 30.5 Å². The number of anilines is 1. The highest BCUT2D eigenvalue weighted by Gasteiger charge is 2.12. The Balaban J connectivity index is 1.59. The van der Waals surface area contributed by atoms with Crippen LogP contribution < -0.4 is 19.7 Å². The van der Waals surface area contributed by atoms with Gasteiger partial charge in [-0.2, -0.15) is 10.2 Å². The first-order valence-electron chi connectivity index (χ1n) is 13.3. The van der Waals surface area contributed by atoms with Crippen molar-refractivity contribution in [1.29, 1.82) is 0 Å². The van der Waals surface area contributed by atoms with E-state index < -0.39 is 4.92 Å². The van der Waals surface area contributed by atoms with Crippen LogP contribution in [0.15, 0.2) is 86.2 Å². The molecule has 1 amide bonds. The number of nitro groups is 1. The second-order valence-corrected chi connectivity index (χ2v) is 9.07. The summed E-state index contributed by atoms with van der Waals surface area (Å²) >= 11 is 0. The molecule has 0 bridgehead atoms. The summed E-state index contributed by atoms with van der Waals surface area (Å²) in [5.74, 6) is 0.759. The third-order valence-electron chi connectivity index (χ3n) is 6.10. The molecule has 224 valence electrons. The maximum atomic E-state index is 12.0. The number of non-ortho nitro benzene ring substituents is 1. The maximum absolute atomic E-state index is 12.0. The molecule has 3 aromatic carbocycles. The summed E-state index contributed by atoms with van der Waals surface area (Å²) in [6.07, 6.45) is 1.70. The van der Waals surface area contributed by atoms with E-state index in [2.05, 4.69) is 35.8 Å². The Kier molecular flexibility index (Phi) is 12.4. The maximum Gasteiger partial charge on any atom is 0.269 e. The first-order chi connectivity index (χ1) is 20.8. The predicted molar refractivity (Wildman–Crippen MR) is 162 cm³/mol.